The first-order chi connectivity index (χ1) is 11.0. The van der Waals surface area contributed by atoms with Gasteiger partial charge in [-0.15, -0.1) is 0 Å². The average molecular weight is 309 g/mol. The number of benzene rings is 1. The van der Waals surface area contributed by atoms with Crippen molar-refractivity contribution in [3.63, 3.8) is 0 Å². The van der Waals surface area contributed by atoms with E-state index in [9.17, 15) is 9.59 Å². The van der Waals surface area contributed by atoms with Gasteiger partial charge in [0.25, 0.3) is 5.91 Å². The minimum absolute atomic E-state index is 0.288. The zero-order valence-electron chi connectivity index (χ0n) is 12.7. The lowest BCUT2D eigenvalue weighted by Crippen LogP contribution is -2.14. The zero-order valence-corrected chi connectivity index (χ0v) is 12.7. The number of rotatable bonds is 3. The molecular weight excluding hydrogens is 294 g/mol. The Morgan fingerprint density at radius 1 is 1.17 bits per heavy atom. The third kappa shape index (κ3) is 2.76. The Labute approximate surface area is 132 Å². The van der Waals surface area contributed by atoms with E-state index in [1.165, 1.54) is 12.1 Å². The number of pyridine rings is 1. The maximum atomic E-state index is 12.2. The lowest BCUT2D eigenvalue weighted by atomic mass is 10.1. The van der Waals surface area contributed by atoms with E-state index in [1.807, 2.05) is 20.0 Å². The highest BCUT2D eigenvalue weighted by atomic mass is 16.2. The predicted octanol–water partition coefficient (Wildman–Crippen LogP) is 1.63. The number of amides is 2. The SMILES string of the molecule is Cc1nn(C)c2ncc(NC(=O)c3ccc(C(N)=O)cc3)cc12. The molecule has 0 aliphatic rings. The fourth-order valence-electron chi connectivity index (χ4n) is 2.37. The third-order valence-electron chi connectivity index (χ3n) is 3.55. The molecule has 7 heteroatoms. The van der Waals surface area contributed by atoms with Crippen LogP contribution in [0.4, 0.5) is 5.69 Å². The summed E-state index contributed by atoms with van der Waals surface area (Å²) in [6.45, 7) is 1.89. The lowest BCUT2D eigenvalue weighted by molar-refractivity contribution is 0.0995. The smallest absolute Gasteiger partial charge is 0.255 e. The summed E-state index contributed by atoms with van der Waals surface area (Å²) in [5.74, 6) is -0.817. The van der Waals surface area contributed by atoms with E-state index in [-0.39, 0.29) is 5.91 Å². The highest BCUT2D eigenvalue weighted by molar-refractivity contribution is 6.05. The average Bonchev–Trinajstić information content (AvgIpc) is 2.81. The summed E-state index contributed by atoms with van der Waals surface area (Å²) in [5, 5.41) is 7.96. The van der Waals surface area contributed by atoms with Crippen LogP contribution in [0.5, 0.6) is 0 Å². The molecule has 0 saturated heterocycles. The molecule has 3 aromatic rings. The van der Waals surface area contributed by atoms with Crippen LogP contribution in [-0.4, -0.2) is 26.6 Å². The van der Waals surface area contributed by atoms with E-state index in [4.69, 9.17) is 5.73 Å². The number of carbonyl (C=O) groups excluding carboxylic acids is 2. The van der Waals surface area contributed by atoms with Crippen molar-refractivity contribution in [1.29, 1.82) is 0 Å². The normalized spacial score (nSPS) is 10.7. The molecular formula is C16H15N5O2. The second-order valence-corrected chi connectivity index (χ2v) is 5.20. The minimum atomic E-state index is -0.529. The van der Waals surface area contributed by atoms with Crippen molar-refractivity contribution in [3.8, 4) is 0 Å². The number of aromatic nitrogens is 3. The number of hydrogen-bond acceptors (Lipinski definition) is 4. The molecule has 1 aromatic carbocycles. The Kier molecular flexibility index (Phi) is 3.53. The number of hydrogen-bond donors (Lipinski definition) is 2. The third-order valence-corrected chi connectivity index (χ3v) is 3.55. The molecule has 0 bridgehead atoms. The Bertz CT molecular complexity index is 912. The summed E-state index contributed by atoms with van der Waals surface area (Å²) in [7, 11) is 1.82. The maximum absolute atomic E-state index is 12.2. The van der Waals surface area contributed by atoms with Gasteiger partial charge in [0.1, 0.15) is 0 Å². The first kappa shape index (κ1) is 14.7. The second-order valence-electron chi connectivity index (χ2n) is 5.20. The van der Waals surface area contributed by atoms with E-state index in [1.54, 1.807) is 23.0 Å². The number of carbonyl (C=O) groups is 2. The van der Waals surface area contributed by atoms with Crippen LogP contribution in [-0.2, 0) is 7.05 Å². The van der Waals surface area contributed by atoms with Gasteiger partial charge in [0.15, 0.2) is 5.65 Å². The Hall–Kier alpha value is -3.22. The lowest BCUT2D eigenvalue weighted by Gasteiger charge is -2.06. The van der Waals surface area contributed by atoms with Crippen LogP contribution in [0.3, 0.4) is 0 Å². The fraction of sp³-hybridized carbons (Fsp3) is 0.125. The van der Waals surface area contributed by atoms with Gasteiger partial charge in [-0.3, -0.25) is 14.3 Å². The van der Waals surface area contributed by atoms with Gasteiger partial charge in [0, 0.05) is 23.6 Å². The summed E-state index contributed by atoms with van der Waals surface area (Å²) >= 11 is 0. The Morgan fingerprint density at radius 3 is 2.48 bits per heavy atom. The molecule has 0 saturated carbocycles. The number of nitrogens with one attached hydrogen (secondary N) is 1. The maximum Gasteiger partial charge on any atom is 0.255 e. The van der Waals surface area contributed by atoms with Gasteiger partial charge in [-0.05, 0) is 37.3 Å². The molecule has 3 N–H and O–H groups in total. The molecule has 3 rings (SSSR count). The standard InChI is InChI=1S/C16H15N5O2/c1-9-13-7-12(8-18-15(13)21(2)20-9)19-16(23)11-5-3-10(4-6-11)14(17)22/h3-8H,1-2H3,(H2,17,22)(H,19,23). The largest absolute Gasteiger partial charge is 0.366 e. The van der Waals surface area contributed by atoms with Crippen molar-refractivity contribution in [2.45, 2.75) is 6.92 Å². The molecule has 0 aliphatic carbocycles. The fourth-order valence-corrected chi connectivity index (χ4v) is 2.37. The summed E-state index contributed by atoms with van der Waals surface area (Å²) in [5.41, 5.74) is 8.14. The van der Waals surface area contributed by atoms with Gasteiger partial charge < -0.3 is 11.1 Å². The number of anilines is 1. The van der Waals surface area contributed by atoms with Crippen LogP contribution < -0.4 is 11.1 Å². The second kappa shape index (κ2) is 5.53. The number of primary amides is 1. The van der Waals surface area contributed by atoms with Crippen LogP contribution in [0.1, 0.15) is 26.4 Å². The van der Waals surface area contributed by atoms with Crippen molar-refractivity contribution in [2.75, 3.05) is 5.32 Å². The molecule has 116 valence electrons. The van der Waals surface area contributed by atoms with Crippen molar-refractivity contribution in [2.24, 2.45) is 12.8 Å². The molecule has 2 aromatic heterocycles. The van der Waals surface area contributed by atoms with Crippen LogP contribution in [0.15, 0.2) is 36.5 Å². The molecule has 0 fully saturated rings. The summed E-state index contributed by atoms with van der Waals surface area (Å²) in [4.78, 5) is 27.6. The molecule has 0 spiro atoms. The first-order valence-electron chi connectivity index (χ1n) is 6.96. The van der Waals surface area contributed by atoms with Gasteiger partial charge in [-0.1, -0.05) is 0 Å². The van der Waals surface area contributed by atoms with Gasteiger partial charge in [-0.25, -0.2) is 4.98 Å². The van der Waals surface area contributed by atoms with Crippen molar-refractivity contribution >= 4 is 28.5 Å². The number of fused-ring (bicyclic) bond motifs is 1. The number of aryl methyl sites for hydroxylation is 2. The number of nitrogens with two attached hydrogens (primary N) is 1. The van der Waals surface area contributed by atoms with E-state index in [2.05, 4.69) is 15.4 Å². The van der Waals surface area contributed by atoms with Gasteiger partial charge in [0.2, 0.25) is 5.91 Å². The molecule has 0 radical (unpaired) electrons. The van der Waals surface area contributed by atoms with Crippen LogP contribution in [0.25, 0.3) is 11.0 Å². The monoisotopic (exact) mass is 309 g/mol. The topological polar surface area (TPSA) is 103 Å². The van der Waals surface area contributed by atoms with Crippen LogP contribution >= 0.6 is 0 Å². The van der Waals surface area contributed by atoms with E-state index >= 15 is 0 Å². The van der Waals surface area contributed by atoms with Gasteiger partial charge in [0.05, 0.1) is 17.6 Å². The van der Waals surface area contributed by atoms with Crippen molar-refractivity contribution < 1.29 is 9.59 Å². The van der Waals surface area contributed by atoms with E-state index in [0.717, 1.165) is 16.7 Å². The molecule has 0 aliphatic heterocycles. The minimum Gasteiger partial charge on any atom is -0.366 e. The highest BCUT2D eigenvalue weighted by Crippen LogP contribution is 2.19. The van der Waals surface area contributed by atoms with Crippen molar-refractivity contribution in [1.82, 2.24) is 14.8 Å². The molecule has 23 heavy (non-hydrogen) atoms. The molecule has 2 amide bonds. The molecule has 2 heterocycles. The van der Waals surface area contributed by atoms with E-state index in [0.29, 0.717) is 16.8 Å². The summed E-state index contributed by atoms with van der Waals surface area (Å²) < 4.78 is 1.69. The van der Waals surface area contributed by atoms with Gasteiger partial charge in [-0.2, -0.15) is 5.10 Å². The first-order valence-corrected chi connectivity index (χ1v) is 6.96. The zero-order chi connectivity index (χ0) is 16.6. The number of nitrogens with zero attached hydrogens (tertiary/aromatic N) is 3. The molecule has 7 nitrogen and oxygen atoms in total. The molecule has 0 unspecified atom stereocenters. The Morgan fingerprint density at radius 2 is 1.83 bits per heavy atom. The predicted molar refractivity (Wildman–Crippen MR) is 86.2 cm³/mol. The van der Waals surface area contributed by atoms with Gasteiger partial charge >= 0.3 is 0 Å². The van der Waals surface area contributed by atoms with Crippen LogP contribution in [0.2, 0.25) is 0 Å². The highest BCUT2D eigenvalue weighted by Gasteiger charge is 2.11. The van der Waals surface area contributed by atoms with E-state index < -0.39 is 5.91 Å². The quantitative estimate of drug-likeness (QED) is 0.767. The summed E-state index contributed by atoms with van der Waals surface area (Å²) in [6, 6.07) is 7.97. The van der Waals surface area contributed by atoms with Crippen molar-refractivity contribution in [3.05, 3.63) is 53.3 Å². The molecule has 0 atom stereocenters. The Balaban J connectivity index is 1.84. The summed E-state index contributed by atoms with van der Waals surface area (Å²) in [6.07, 6.45) is 1.58. The van der Waals surface area contributed by atoms with Crippen LogP contribution in [0, 0.1) is 6.92 Å².